The highest BCUT2D eigenvalue weighted by Crippen LogP contribution is 2.27. The summed E-state index contributed by atoms with van der Waals surface area (Å²) in [4.78, 5) is 0. The third-order valence-electron chi connectivity index (χ3n) is 2.83. The van der Waals surface area contributed by atoms with Crippen LogP contribution in [0.3, 0.4) is 0 Å². The topological polar surface area (TPSA) is 38.0 Å². The Morgan fingerprint density at radius 3 is 2.50 bits per heavy atom. The summed E-state index contributed by atoms with van der Waals surface area (Å²) < 4.78 is 0.892. The summed E-state index contributed by atoms with van der Waals surface area (Å²) in [6.07, 6.45) is 0.829. The van der Waals surface area contributed by atoms with Gasteiger partial charge in [-0.05, 0) is 45.6 Å². The van der Waals surface area contributed by atoms with E-state index in [0.29, 0.717) is 5.02 Å². The molecule has 18 heavy (non-hydrogen) atoms. The van der Waals surface area contributed by atoms with Gasteiger partial charge in [-0.1, -0.05) is 48.0 Å². The molecular weight excluding hydrogens is 312 g/mol. The van der Waals surface area contributed by atoms with Gasteiger partial charge in [0.1, 0.15) is 0 Å². The Bertz CT molecular complexity index is 516. The average molecular weight is 326 g/mol. The van der Waals surface area contributed by atoms with E-state index in [1.165, 1.54) is 5.56 Å². The van der Waals surface area contributed by atoms with Gasteiger partial charge in [0.15, 0.2) is 0 Å². The van der Waals surface area contributed by atoms with Crippen molar-refractivity contribution in [3.63, 3.8) is 0 Å². The predicted molar refractivity (Wildman–Crippen MR) is 79.4 cm³/mol. The van der Waals surface area contributed by atoms with Gasteiger partial charge in [-0.15, -0.1) is 0 Å². The minimum Gasteiger partial charge on any atom is -0.271 e. The zero-order valence-electron chi connectivity index (χ0n) is 9.74. The molecule has 2 aromatic rings. The molecule has 1 atom stereocenters. The van der Waals surface area contributed by atoms with Crippen molar-refractivity contribution in [2.75, 3.05) is 0 Å². The molecule has 0 bridgehead atoms. The minimum absolute atomic E-state index is 0.0537. The monoisotopic (exact) mass is 324 g/mol. The molecule has 0 saturated carbocycles. The van der Waals surface area contributed by atoms with E-state index in [4.69, 9.17) is 17.4 Å². The molecule has 2 aromatic carbocycles. The third kappa shape index (κ3) is 3.33. The van der Waals surface area contributed by atoms with Gasteiger partial charge < -0.3 is 0 Å². The molecule has 1 unspecified atom stereocenters. The summed E-state index contributed by atoms with van der Waals surface area (Å²) in [5, 5.41) is 0.695. The van der Waals surface area contributed by atoms with Crippen molar-refractivity contribution in [2.45, 2.75) is 12.5 Å². The number of nitrogens with two attached hydrogens (primary N) is 1. The number of halogens is 2. The molecule has 0 spiro atoms. The largest absolute Gasteiger partial charge is 0.271 e. The zero-order chi connectivity index (χ0) is 13.0. The van der Waals surface area contributed by atoms with E-state index in [1.54, 1.807) is 0 Å². The molecule has 0 amide bonds. The second-order valence-corrected chi connectivity index (χ2v) is 5.34. The Morgan fingerprint density at radius 2 is 1.89 bits per heavy atom. The molecular formula is C14H14BrClN2. The van der Waals surface area contributed by atoms with Gasteiger partial charge in [-0.2, -0.15) is 0 Å². The summed E-state index contributed by atoms with van der Waals surface area (Å²) in [5.41, 5.74) is 5.15. The standard InChI is InChI=1S/C14H14BrClN2/c15-12-7-6-11(9-13(12)16)14(18-17)8-10-4-2-1-3-5-10/h1-7,9,14,18H,8,17H2. The molecule has 0 fully saturated rings. The van der Waals surface area contributed by atoms with E-state index in [-0.39, 0.29) is 6.04 Å². The fourth-order valence-electron chi connectivity index (χ4n) is 1.85. The Morgan fingerprint density at radius 1 is 1.17 bits per heavy atom. The van der Waals surface area contributed by atoms with E-state index in [0.717, 1.165) is 16.5 Å². The summed E-state index contributed by atoms with van der Waals surface area (Å²) in [6.45, 7) is 0. The number of hydrazine groups is 1. The molecule has 94 valence electrons. The number of hydrogen-bond donors (Lipinski definition) is 2. The van der Waals surface area contributed by atoms with Gasteiger partial charge in [-0.25, -0.2) is 0 Å². The van der Waals surface area contributed by atoms with Gasteiger partial charge in [0.2, 0.25) is 0 Å². The first-order valence-corrected chi connectivity index (χ1v) is 6.83. The van der Waals surface area contributed by atoms with Gasteiger partial charge >= 0.3 is 0 Å². The first-order valence-electron chi connectivity index (χ1n) is 5.65. The Labute approximate surface area is 120 Å². The van der Waals surface area contributed by atoms with Crippen molar-refractivity contribution < 1.29 is 0 Å². The van der Waals surface area contributed by atoms with Crippen LogP contribution in [0, 0.1) is 0 Å². The number of nitrogens with one attached hydrogen (secondary N) is 1. The molecule has 0 heterocycles. The van der Waals surface area contributed by atoms with Crippen LogP contribution in [-0.4, -0.2) is 0 Å². The number of rotatable bonds is 4. The molecule has 0 aromatic heterocycles. The second kappa shape index (κ2) is 6.34. The van der Waals surface area contributed by atoms with Crippen molar-refractivity contribution in [2.24, 2.45) is 5.84 Å². The number of benzene rings is 2. The maximum absolute atomic E-state index is 6.10. The Kier molecular flexibility index (Phi) is 4.78. The van der Waals surface area contributed by atoms with Crippen LogP contribution in [0.5, 0.6) is 0 Å². The van der Waals surface area contributed by atoms with Crippen LogP contribution in [-0.2, 0) is 6.42 Å². The third-order valence-corrected chi connectivity index (χ3v) is 4.06. The SMILES string of the molecule is NNC(Cc1ccccc1)c1ccc(Br)c(Cl)c1. The average Bonchev–Trinajstić information content (AvgIpc) is 2.40. The maximum atomic E-state index is 6.10. The highest BCUT2D eigenvalue weighted by Gasteiger charge is 2.11. The lowest BCUT2D eigenvalue weighted by atomic mass is 9.99. The smallest absolute Gasteiger partial charge is 0.0551 e. The van der Waals surface area contributed by atoms with Crippen LogP contribution in [0.4, 0.5) is 0 Å². The highest BCUT2D eigenvalue weighted by atomic mass is 79.9. The molecule has 0 saturated heterocycles. The lowest BCUT2D eigenvalue weighted by molar-refractivity contribution is 0.552. The summed E-state index contributed by atoms with van der Waals surface area (Å²) >= 11 is 9.49. The zero-order valence-corrected chi connectivity index (χ0v) is 12.1. The van der Waals surface area contributed by atoms with Crippen LogP contribution < -0.4 is 11.3 Å². The van der Waals surface area contributed by atoms with Crippen molar-refractivity contribution >= 4 is 27.5 Å². The van der Waals surface area contributed by atoms with Gasteiger partial charge in [0.05, 0.1) is 11.1 Å². The summed E-state index contributed by atoms with van der Waals surface area (Å²) in [6, 6.07) is 16.2. The van der Waals surface area contributed by atoms with Crippen molar-refractivity contribution in [3.8, 4) is 0 Å². The first-order chi connectivity index (χ1) is 8.70. The fraction of sp³-hybridized carbons (Fsp3) is 0.143. The quantitative estimate of drug-likeness (QED) is 0.662. The normalized spacial score (nSPS) is 12.4. The van der Waals surface area contributed by atoms with E-state index in [2.05, 4.69) is 33.5 Å². The van der Waals surface area contributed by atoms with Gasteiger partial charge in [-0.3, -0.25) is 11.3 Å². The molecule has 3 N–H and O–H groups in total. The molecule has 2 rings (SSSR count). The Hall–Kier alpha value is -0.870. The van der Waals surface area contributed by atoms with Crippen LogP contribution >= 0.6 is 27.5 Å². The second-order valence-electron chi connectivity index (χ2n) is 4.08. The van der Waals surface area contributed by atoms with Crippen molar-refractivity contribution in [1.29, 1.82) is 0 Å². The molecule has 2 nitrogen and oxygen atoms in total. The van der Waals surface area contributed by atoms with Crippen LogP contribution in [0.25, 0.3) is 0 Å². The van der Waals surface area contributed by atoms with E-state index in [9.17, 15) is 0 Å². The van der Waals surface area contributed by atoms with E-state index in [1.807, 2.05) is 36.4 Å². The molecule has 0 aliphatic carbocycles. The predicted octanol–water partition coefficient (Wildman–Crippen LogP) is 3.85. The van der Waals surface area contributed by atoms with Crippen LogP contribution in [0.1, 0.15) is 17.2 Å². The Balaban J connectivity index is 2.20. The van der Waals surface area contributed by atoms with Crippen LogP contribution in [0.15, 0.2) is 53.0 Å². The lowest BCUT2D eigenvalue weighted by Gasteiger charge is -2.17. The van der Waals surface area contributed by atoms with Gasteiger partial charge in [0, 0.05) is 4.47 Å². The van der Waals surface area contributed by atoms with E-state index < -0.39 is 0 Å². The maximum Gasteiger partial charge on any atom is 0.0551 e. The highest BCUT2D eigenvalue weighted by molar-refractivity contribution is 9.10. The minimum atomic E-state index is 0.0537. The van der Waals surface area contributed by atoms with Crippen molar-refractivity contribution in [1.82, 2.24) is 5.43 Å². The number of hydrogen-bond acceptors (Lipinski definition) is 2. The summed E-state index contributed by atoms with van der Waals surface area (Å²) in [7, 11) is 0. The fourth-order valence-corrected chi connectivity index (χ4v) is 2.29. The van der Waals surface area contributed by atoms with E-state index >= 15 is 0 Å². The summed E-state index contributed by atoms with van der Waals surface area (Å²) in [5.74, 6) is 5.64. The first kappa shape index (κ1) is 13.6. The lowest BCUT2D eigenvalue weighted by Crippen LogP contribution is -2.29. The van der Waals surface area contributed by atoms with Crippen molar-refractivity contribution in [3.05, 3.63) is 69.2 Å². The van der Waals surface area contributed by atoms with Crippen LogP contribution in [0.2, 0.25) is 5.02 Å². The molecule has 0 aliphatic rings. The molecule has 0 aliphatic heterocycles. The molecule has 4 heteroatoms. The molecule has 0 radical (unpaired) electrons. The van der Waals surface area contributed by atoms with Gasteiger partial charge in [0.25, 0.3) is 0 Å².